The van der Waals surface area contributed by atoms with E-state index in [0.29, 0.717) is 30.0 Å². The molecule has 0 spiro atoms. The van der Waals surface area contributed by atoms with Gasteiger partial charge in [-0.15, -0.1) is 0 Å². The molecule has 0 aromatic heterocycles. The van der Waals surface area contributed by atoms with Crippen LogP contribution in [0.15, 0.2) is 0 Å². The standard InChI is InChI=1S/C10H18O2/c1-6(2)8-5-12-9-7(3)4-11-10(8)9/h6-10H,4-5H2,1-3H3/t7-,8+,9?,10?/m0/s1. The summed E-state index contributed by atoms with van der Waals surface area (Å²) in [6.07, 6.45) is 0.775. The van der Waals surface area contributed by atoms with Gasteiger partial charge in [-0.25, -0.2) is 0 Å². The molecule has 2 saturated heterocycles. The van der Waals surface area contributed by atoms with Gasteiger partial charge in [-0.1, -0.05) is 20.8 Å². The zero-order valence-electron chi connectivity index (χ0n) is 8.12. The number of fused-ring (bicyclic) bond motifs is 1. The molecule has 0 saturated carbocycles. The van der Waals surface area contributed by atoms with Gasteiger partial charge in [0.25, 0.3) is 0 Å². The van der Waals surface area contributed by atoms with E-state index < -0.39 is 0 Å². The maximum Gasteiger partial charge on any atom is 0.0892 e. The van der Waals surface area contributed by atoms with Crippen molar-refractivity contribution in [3.05, 3.63) is 0 Å². The van der Waals surface area contributed by atoms with Crippen LogP contribution in [-0.4, -0.2) is 25.4 Å². The van der Waals surface area contributed by atoms with Crippen LogP contribution in [0, 0.1) is 17.8 Å². The fraction of sp³-hybridized carbons (Fsp3) is 1.00. The summed E-state index contributed by atoms with van der Waals surface area (Å²) in [6.45, 7) is 8.51. The van der Waals surface area contributed by atoms with E-state index in [4.69, 9.17) is 9.47 Å². The second-order valence-electron chi connectivity index (χ2n) is 4.48. The number of rotatable bonds is 1. The van der Waals surface area contributed by atoms with Crippen molar-refractivity contribution in [2.75, 3.05) is 13.2 Å². The minimum Gasteiger partial charge on any atom is -0.375 e. The summed E-state index contributed by atoms with van der Waals surface area (Å²) in [5, 5.41) is 0. The molecule has 2 rings (SSSR count). The van der Waals surface area contributed by atoms with Gasteiger partial charge in [0.2, 0.25) is 0 Å². The summed E-state index contributed by atoms with van der Waals surface area (Å²) in [4.78, 5) is 0. The third-order valence-electron chi connectivity index (χ3n) is 3.20. The molecule has 2 aliphatic heterocycles. The molecule has 0 aromatic rings. The molecule has 2 fully saturated rings. The van der Waals surface area contributed by atoms with Crippen molar-refractivity contribution in [1.82, 2.24) is 0 Å². The molecular formula is C10H18O2. The predicted molar refractivity (Wildman–Crippen MR) is 47.0 cm³/mol. The summed E-state index contributed by atoms with van der Waals surface area (Å²) < 4.78 is 11.5. The minimum absolute atomic E-state index is 0.386. The molecule has 70 valence electrons. The highest BCUT2D eigenvalue weighted by atomic mass is 16.6. The van der Waals surface area contributed by atoms with E-state index in [9.17, 15) is 0 Å². The lowest BCUT2D eigenvalue weighted by Gasteiger charge is -2.19. The molecule has 2 heterocycles. The largest absolute Gasteiger partial charge is 0.375 e. The maximum absolute atomic E-state index is 5.74. The topological polar surface area (TPSA) is 18.5 Å². The lowest BCUT2D eigenvalue weighted by Crippen LogP contribution is -2.27. The Balaban J connectivity index is 2.05. The smallest absolute Gasteiger partial charge is 0.0892 e. The van der Waals surface area contributed by atoms with Crippen LogP contribution in [0.2, 0.25) is 0 Å². The molecule has 2 nitrogen and oxygen atoms in total. The van der Waals surface area contributed by atoms with Crippen molar-refractivity contribution in [2.24, 2.45) is 17.8 Å². The Bertz CT molecular complexity index is 167. The van der Waals surface area contributed by atoms with Crippen molar-refractivity contribution in [2.45, 2.75) is 33.0 Å². The average Bonchev–Trinajstić information content (AvgIpc) is 2.53. The highest BCUT2D eigenvalue weighted by Gasteiger charge is 2.46. The van der Waals surface area contributed by atoms with Crippen LogP contribution in [-0.2, 0) is 9.47 Å². The van der Waals surface area contributed by atoms with E-state index >= 15 is 0 Å². The molecular weight excluding hydrogens is 152 g/mol. The molecule has 0 radical (unpaired) electrons. The Hall–Kier alpha value is -0.0800. The Morgan fingerprint density at radius 3 is 2.42 bits per heavy atom. The predicted octanol–water partition coefficient (Wildman–Crippen LogP) is 1.69. The van der Waals surface area contributed by atoms with Crippen molar-refractivity contribution in [3.63, 3.8) is 0 Å². The van der Waals surface area contributed by atoms with E-state index in [-0.39, 0.29) is 0 Å². The Morgan fingerprint density at radius 2 is 1.75 bits per heavy atom. The van der Waals surface area contributed by atoms with Crippen LogP contribution in [0.1, 0.15) is 20.8 Å². The minimum atomic E-state index is 0.386. The lowest BCUT2D eigenvalue weighted by molar-refractivity contribution is 0.0549. The highest BCUT2D eigenvalue weighted by molar-refractivity contribution is 4.93. The average molecular weight is 170 g/mol. The van der Waals surface area contributed by atoms with E-state index in [1.54, 1.807) is 0 Å². The van der Waals surface area contributed by atoms with Crippen LogP contribution in [0.4, 0.5) is 0 Å². The molecule has 4 atom stereocenters. The summed E-state index contributed by atoms with van der Waals surface area (Å²) >= 11 is 0. The SMILES string of the molecule is CC(C)[C@H]1COC2C1OC[C@@H]2C. The van der Waals surface area contributed by atoms with E-state index in [0.717, 1.165) is 13.2 Å². The first-order valence-corrected chi connectivity index (χ1v) is 4.93. The van der Waals surface area contributed by atoms with Gasteiger partial charge >= 0.3 is 0 Å². The summed E-state index contributed by atoms with van der Waals surface area (Å²) in [5.74, 6) is 1.91. The van der Waals surface area contributed by atoms with E-state index in [1.165, 1.54) is 0 Å². The van der Waals surface area contributed by atoms with Crippen LogP contribution in [0.25, 0.3) is 0 Å². The Labute approximate surface area is 74.2 Å². The number of hydrogen-bond acceptors (Lipinski definition) is 2. The monoisotopic (exact) mass is 170 g/mol. The van der Waals surface area contributed by atoms with Gasteiger partial charge in [-0.2, -0.15) is 0 Å². The van der Waals surface area contributed by atoms with E-state index in [2.05, 4.69) is 20.8 Å². The van der Waals surface area contributed by atoms with Crippen molar-refractivity contribution in [3.8, 4) is 0 Å². The third kappa shape index (κ3) is 1.17. The lowest BCUT2D eigenvalue weighted by atomic mass is 9.89. The summed E-state index contributed by atoms with van der Waals surface area (Å²) in [7, 11) is 0. The molecule has 12 heavy (non-hydrogen) atoms. The first-order chi connectivity index (χ1) is 5.70. The third-order valence-corrected chi connectivity index (χ3v) is 3.20. The van der Waals surface area contributed by atoms with Crippen LogP contribution in [0.5, 0.6) is 0 Å². The van der Waals surface area contributed by atoms with Gasteiger partial charge in [0.1, 0.15) is 0 Å². The van der Waals surface area contributed by atoms with Gasteiger partial charge in [0, 0.05) is 11.8 Å². The van der Waals surface area contributed by atoms with Gasteiger partial charge in [0.05, 0.1) is 25.4 Å². The Kier molecular flexibility index (Phi) is 2.13. The molecule has 0 aromatic carbocycles. The number of hydrogen-bond donors (Lipinski definition) is 0. The Morgan fingerprint density at radius 1 is 1.08 bits per heavy atom. The van der Waals surface area contributed by atoms with Gasteiger partial charge < -0.3 is 9.47 Å². The molecule has 2 unspecified atom stereocenters. The van der Waals surface area contributed by atoms with E-state index in [1.807, 2.05) is 0 Å². The highest BCUT2D eigenvalue weighted by Crippen LogP contribution is 2.37. The zero-order chi connectivity index (χ0) is 8.72. The fourth-order valence-corrected chi connectivity index (χ4v) is 2.29. The second-order valence-corrected chi connectivity index (χ2v) is 4.48. The van der Waals surface area contributed by atoms with Crippen LogP contribution in [0.3, 0.4) is 0 Å². The maximum atomic E-state index is 5.74. The van der Waals surface area contributed by atoms with Gasteiger partial charge in [0.15, 0.2) is 0 Å². The van der Waals surface area contributed by atoms with Crippen LogP contribution < -0.4 is 0 Å². The van der Waals surface area contributed by atoms with Crippen molar-refractivity contribution in [1.29, 1.82) is 0 Å². The first-order valence-electron chi connectivity index (χ1n) is 4.93. The number of ether oxygens (including phenoxy) is 2. The van der Waals surface area contributed by atoms with Crippen molar-refractivity contribution < 1.29 is 9.47 Å². The first kappa shape index (κ1) is 8.52. The zero-order valence-corrected chi connectivity index (χ0v) is 8.12. The fourth-order valence-electron chi connectivity index (χ4n) is 2.29. The molecule has 0 amide bonds. The summed E-state index contributed by atoms with van der Waals surface area (Å²) in [6, 6.07) is 0. The second kappa shape index (κ2) is 3.00. The quantitative estimate of drug-likeness (QED) is 0.596. The molecule has 0 N–H and O–H groups in total. The molecule has 2 heteroatoms. The summed E-state index contributed by atoms with van der Waals surface area (Å²) in [5.41, 5.74) is 0. The molecule has 0 bridgehead atoms. The normalized spacial score (nSPS) is 47.0. The molecule has 0 aliphatic carbocycles. The van der Waals surface area contributed by atoms with Gasteiger partial charge in [-0.3, -0.25) is 0 Å². The van der Waals surface area contributed by atoms with Gasteiger partial charge in [-0.05, 0) is 5.92 Å². The van der Waals surface area contributed by atoms with Crippen LogP contribution >= 0.6 is 0 Å². The van der Waals surface area contributed by atoms with Crippen molar-refractivity contribution >= 4 is 0 Å². The molecule has 2 aliphatic rings.